The van der Waals surface area contributed by atoms with Crippen LogP contribution in [0.1, 0.15) is 42.1 Å². The van der Waals surface area contributed by atoms with E-state index in [-0.39, 0.29) is 32.5 Å². The molecular weight excluding hydrogens is 449 g/mol. The van der Waals surface area contributed by atoms with Crippen LogP contribution in [-0.2, 0) is 10.0 Å². The number of aromatic hydroxyl groups is 1. The van der Waals surface area contributed by atoms with Gasteiger partial charge in [0.25, 0.3) is 5.91 Å². The SMILES string of the molecule is C/C(=N\NC(=O)c1cccc(S(=O)(=O)N2CCCCC2)c1)c1cc(Cl)cc(Cl)c1O. The van der Waals surface area contributed by atoms with Gasteiger partial charge in [0.1, 0.15) is 5.75 Å². The smallest absolute Gasteiger partial charge is 0.271 e. The lowest BCUT2D eigenvalue weighted by Crippen LogP contribution is -2.35. The second-order valence-electron chi connectivity index (χ2n) is 6.91. The van der Waals surface area contributed by atoms with Gasteiger partial charge in [-0.25, -0.2) is 13.8 Å². The van der Waals surface area contributed by atoms with E-state index in [1.54, 1.807) is 6.92 Å². The van der Waals surface area contributed by atoms with Crippen LogP contribution in [0.25, 0.3) is 0 Å². The summed E-state index contributed by atoms with van der Waals surface area (Å²) >= 11 is 11.9. The summed E-state index contributed by atoms with van der Waals surface area (Å²) < 4.78 is 27.1. The van der Waals surface area contributed by atoms with Gasteiger partial charge in [-0.1, -0.05) is 35.7 Å². The molecule has 2 aromatic carbocycles. The van der Waals surface area contributed by atoms with Gasteiger partial charge in [0.15, 0.2) is 0 Å². The molecule has 0 aliphatic carbocycles. The second-order valence-corrected chi connectivity index (χ2v) is 9.70. The first-order valence-corrected chi connectivity index (χ1v) is 11.5. The van der Waals surface area contributed by atoms with Gasteiger partial charge >= 0.3 is 0 Å². The number of carbonyl (C=O) groups excluding carboxylic acids is 1. The van der Waals surface area contributed by atoms with E-state index in [4.69, 9.17) is 23.2 Å². The van der Waals surface area contributed by atoms with E-state index >= 15 is 0 Å². The van der Waals surface area contributed by atoms with Crippen molar-refractivity contribution in [2.75, 3.05) is 13.1 Å². The Morgan fingerprint density at radius 2 is 1.83 bits per heavy atom. The fraction of sp³-hybridized carbons (Fsp3) is 0.300. The molecule has 0 bridgehead atoms. The number of carbonyl (C=O) groups is 1. The Labute approximate surface area is 185 Å². The molecule has 0 unspecified atom stereocenters. The van der Waals surface area contributed by atoms with Crippen molar-refractivity contribution < 1.29 is 18.3 Å². The predicted octanol–water partition coefficient (Wildman–Crippen LogP) is 4.03. The van der Waals surface area contributed by atoms with E-state index in [0.29, 0.717) is 18.1 Å². The molecule has 30 heavy (non-hydrogen) atoms. The summed E-state index contributed by atoms with van der Waals surface area (Å²) in [6.45, 7) is 2.53. The van der Waals surface area contributed by atoms with Crippen LogP contribution in [0.3, 0.4) is 0 Å². The Morgan fingerprint density at radius 3 is 2.53 bits per heavy atom. The lowest BCUT2D eigenvalue weighted by molar-refractivity contribution is 0.0954. The number of rotatable bonds is 5. The number of amides is 1. The minimum absolute atomic E-state index is 0.0639. The average Bonchev–Trinajstić information content (AvgIpc) is 2.75. The van der Waals surface area contributed by atoms with E-state index in [1.807, 2.05) is 0 Å². The van der Waals surface area contributed by atoms with Gasteiger partial charge in [-0.3, -0.25) is 4.79 Å². The van der Waals surface area contributed by atoms with Crippen LogP contribution < -0.4 is 5.43 Å². The van der Waals surface area contributed by atoms with E-state index in [0.717, 1.165) is 19.3 Å². The lowest BCUT2D eigenvalue weighted by Gasteiger charge is -2.25. The fourth-order valence-electron chi connectivity index (χ4n) is 3.15. The van der Waals surface area contributed by atoms with E-state index < -0.39 is 15.9 Å². The molecule has 1 aliphatic rings. The number of nitrogens with zero attached hydrogens (tertiary/aromatic N) is 2. The number of hydrazone groups is 1. The normalized spacial score (nSPS) is 15.8. The van der Waals surface area contributed by atoms with Gasteiger partial charge in [0.2, 0.25) is 10.0 Å². The number of hydrogen-bond donors (Lipinski definition) is 2. The number of phenols is 1. The number of halogens is 2. The van der Waals surface area contributed by atoms with Crippen molar-refractivity contribution >= 4 is 44.8 Å². The molecule has 3 rings (SSSR count). The molecule has 7 nitrogen and oxygen atoms in total. The summed E-state index contributed by atoms with van der Waals surface area (Å²) in [5, 5.41) is 14.4. The fourth-order valence-corrected chi connectivity index (χ4v) is 5.21. The van der Waals surface area contributed by atoms with Gasteiger partial charge in [0.05, 0.1) is 15.6 Å². The summed E-state index contributed by atoms with van der Waals surface area (Å²) in [4.78, 5) is 12.6. The zero-order valence-corrected chi connectivity index (χ0v) is 18.6. The Bertz CT molecular complexity index is 1100. The highest BCUT2D eigenvalue weighted by Crippen LogP contribution is 2.31. The number of piperidine rings is 1. The summed E-state index contributed by atoms with van der Waals surface area (Å²) in [6.07, 6.45) is 2.67. The standard InChI is InChI=1S/C20H21Cl2N3O4S/c1-13(17-11-15(21)12-18(22)19(17)26)23-24-20(27)14-6-5-7-16(10-14)30(28,29)25-8-3-2-4-9-25/h5-7,10-12,26H,2-4,8-9H2,1H3,(H,24,27)/b23-13+. The average molecular weight is 470 g/mol. The van der Waals surface area contributed by atoms with E-state index in [2.05, 4.69) is 10.5 Å². The van der Waals surface area contributed by atoms with Crippen molar-refractivity contribution in [2.45, 2.75) is 31.1 Å². The van der Waals surface area contributed by atoms with Crippen molar-refractivity contribution in [1.82, 2.24) is 9.73 Å². The van der Waals surface area contributed by atoms with Gasteiger partial charge in [-0.05, 0) is 50.1 Å². The number of sulfonamides is 1. The first-order chi connectivity index (χ1) is 14.2. The topological polar surface area (TPSA) is 99.1 Å². The Balaban J connectivity index is 1.80. The highest BCUT2D eigenvalue weighted by Gasteiger charge is 2.26. The third kappa shape index (κ3) is 4.95. The molecule has 2 aromatic rings. The van der Waals surface area contributed by atoms with Crippen molar-refractivity contribution in [1.29, 1.82) is 0 Å². The zero-order chi connectivity index (χ0) is 21.9. The number of phenolic OH excluding ortho intramolecular Hbond substituents is 1. The van der Waals surface area contributed by atoms with Gasteiger partial charge in [0, 0.05) is 29.2 Å². The maximum atomic E-state index is 12.8. The van der Waals surface area contributed by atoms with Crippen LogP contribution in [0.5, 0.6) is 5.75 Å². The van der Waals surface area contributed by atoms with E-state index in [1.165, 1.54) is 40.7 Å². The molecule has 1 saturated heterocycles. The maximum absolute atomic E-state index is 12.8. The molecule has 0 spiro atoms. The van der Waals surface area contributed by atoms with Crippen molar-refractivity contribution in [3.05, 3.63) is 57.6 Å². The lowest BCUT2D eigenvalue weighted by atomic mass is 10.1. The van der Waals surface area contributed by atoms with E-state index in [9.17, 15) is 18.3 Å². The van der Waals surface area contributed by atoms with Crippen molar-refractivity contribution in [3.63, 3.8) is 0 Å². The molecule has 1 fully saturated rings. The number of benzene rings is 2. The molecule has 1 amide bonds. The molecule has 0 aromatic heterocycles. The summed E-state index contributed by atoms with van der Waals surface area (Å²) in [7, 11) is -3.65. The van der Waals surface area contributed by atoms with Crippen LogP contribution >= 0.6 is 23.2 Å². The van der Waals surface area contributed by atoms with Crippen LogP contribution in [0.15, 0.2) is 46.4 Å². The highest BCUT2D eigenvalue weighted by molar-refractivity contribution is 7.89. The van der Waals surface area contributed by atoms with Crippen molar-refractivity contribution in [3.8, 4) is 5.75 Å². The molecule has 0 radical (unpaired) electrons. The quantitative estimate of drug-likeness (QED) is 0.509. The Hall–Kier alpha value is -2.13. The minimum atomic E-state index is -3.65. The van der Waals surface area contributed by atoms with Crippen LogP contribution in [0, 0.1) is 0 Å². The molecular formula is C20H21Cl2N3O4S. The van der Waals surface area contributed by atoms with Crippen LogP contribution in [0.4, 0.5) is 0 Å². The maximum Gasteiger partial charge on any atom is 0.271 e. The Morgan fingerprint density at radius 1 is 1.13 bits per heavy atom. The molecule has 1 heterocycles. The predicted molar refractivity (Wildman–Crippen MR) is 117 cm³/mol. The number of hydrogen-bond acceptors (Lipinski definition) is 5. The molecule has 160 valence electrons. The largest absolute Gasteiger partial charge is 0.506 e. The van der Waals surface area contributed by atoms with Gasteiger partial charge in [-0.15, -0.1) is 0 Å². The summed E-state index contributed by atoms with van der Waals surface area (Å²) in [5.74, 6) is -0.788. The Kier molecular flexibility index (Phi) is 7.02. The monoisotopic (exact) mass is 469 g/mol. The number of nitrogens with one attached hydrogen (secondary N) is 1. The van der Waals surface area contributed by atoms with Gasteiger partial charge in [-0.2, -0.15) is 9.41 Å². The summed E-state index contributed by atoms with van der Waals surface area (Å²) in [6, 6.07) is 8.69. The molecule has 1 aliphatic heterocycles. The van der Waals surface area contributed by atoms with Gasteiger partial charge < -0.3 is 5.11 Å². The second kappa shape index (κ2) is 9.34. The molecule has 0 atom stereocenters. The van der Waals surface area contributed by atoms with Crippen LogP contribution in [0.2, 0.25) is 10.0 Å². The highest BCUT2D eigenvalue weighted by atomic mass is 35.5. The third-order valence-electron chi connectivity index (χ3n) is 4.79. The third-order valence-corrected chi connectivity index (χ3v) is 7.19. The van der Waals surface area contributed by atoms with Crippen molar-refractivity contribution in [2.24, 2.45) is 5.10 Å². The zero-order valence-electron chi connectivity index (χ0n) is 16.2. The molecule has 10 heteroatoms. The summed E-state index contributed by atoms with van der Waals surface area (Å²) in [5.41, 5.74) is 3.07. The first-order valence-electron chi connectivity index (χ1n) is 9.33. The minimum Gasteiger partial charge on any atom is -0.506 e. The van der Waals surface area contributed by atoms with Crippen LogP contribution in [-0.4, -0.2) is 42.5 Å². The molecule has 0 saturated carbocycles. The first kappa shape index (κ1) is 22.6. The molecule has 2 N–H and O–H groups in total.